The molecule has 1 aliphatic rings. The second kappa shape index (κ2) is 23.0. The second-order valence-corrected chi connectivity index (χ2v) is 19.7. The molecule has 0 bridgehead atoms. The largest absolute Gasteiger partial charge is 0.508 e. The second-order valence-electron chi connectivity index (χ2n) is 18.2. The molecular weight excluding hydrogens is 860 g/mol. The van der Waals surface area contributed by atoms with Crippen LogP contribution < -0.4 is 15.4 Å². The standard InChI is InChI=1S/C52H65ClN4O7S/c1-6-56(29-30-64-42-24-17-36(18-25-42)47(61)46-43-26-23-40(59)32-45(43)65-48(46)37-15-21-39(58)22-16-37)28-12-10-8-7-9-11-27-54-49(52(3,4)5)51(63)57-33-41(60)31-44(57)50(62)55-34(2)35-13-19-38(53)20-14-35/h13-26,32,34,41,44,49,54,58-60H,6-12,27-31,33H2,1-5H3,(H,55,62)/t34-,41+,44-,49+/m0/s1. The quantitative estimate of drug-likeness (QED) is 0.0338. The van der Waals surface area contributed by atoms with E-state index in [9.17, 15) is 29.7 Å². The molecule has 1 saturated heterocycles. The summed E-state index contributed by atoms with van der Waals surface area (Å²) >= 11 is 7.48. The first-order valence-electron chi connectivity index (χ1n) is 23.0. The van der Waals surface area contributed by atoms with Crippen molar-refractivity contribution in [1.29, 1.82) is 0 Å². The highest BCUT2D eigenvalue weighted by Gasteiger charge is 2.44. The number of phenols is 2. The highest BCUT2D eigenvalue weighted by atomic mass is 35.5. The lowest BCUT2D eigenvalue weighted by molar-refractivity contribution is -0.142. The van der Waals surface area contributed by atoms with Crippen LogP contribution in [-0.2, 0) is 9.59 Å². The SMILES string of the molecule is CCN(CCCCCCCCN[C@H](C(=O)N1C[C@H](O)C[C@H]1C(=O)N[C@@H](C)c1ccc(Cl)cc1)C(C)(C)C)CCOc1ccc(C(=O)c2c(-c3ccc(O)cc3)sc3cc(O)ccc23)cc1. The number of halogens is 1. The number of thiophene rings is 1. The lowest BCUT2D eigenvalue weighted by Gasteiger charge is -2.35. The van der Waals surface area contributed by atoms with Gasteiger partial charge in [0, 0.05) is 50.6 Å². The number of aliphatic hydroxyl groups is 1. The number of benzene rings is 4. The molecule has 1 aromatic heterocycles. The van der Waals surface area contributed by atoms with E-state index < -0.39 is 23.6 Å². The van der Waals surface area contributed by atoms with Crippen LogP contribution in [-0.4, -0.2) is 100 Å². The van der Waals surface area contributed by atoms with Crippen LogP contribution in [0, 0.1) is 5.41 Å². The number of likely N-dealkylation sites (tertiary alicyclic amines) is 1. The van der Waals surface area contributed by atoms with Crippen LogP contribution in [0.15, 0.2) is 91.0 Å². The zero-order valence-electron chi connectivity index (χ0n) is 38.3. The minimum Gasteiger partial charge on any atom is -0.508 e. The van der Waals surface area contributed by atoms with E-state index in [4.69, 9.17) is 16.3 Å². The van der Waals surface area contributed by atoms with E-state index in [2.05, 4.69) is 22.5 Å². The van der Waals surface area contributed by atoms with Crippen LogP contribution in [0.5, 0.6) is 17.2 Å². The molecule has 1 aliphatic heterocycles. The first kappa shape index (κ1) is 49.5. The van der Waals surface area contributed by atoms with Crippen molar-refractivity contribution in [3.05, 3.63) is 113 Å². The van der Waals surface area contributed by atoms with E-state index in [1.807, 2.05) is 52.0 Å². The van der Waals surface area contributed by atoms with Gasteiger partial charge in [-0.15, -0.1) is 11.3 Å². The Bertz CT molecular complexity index is 2350. The molecule has 0 spiro atoms. The van der Waals surface area contributed by atoms with Gasteiger partial charge in [-0.1, -0.05) is 77.1 Å². The van der Waals surface area contributed by atoms with Crippen LogP contribution >= 0.6 is 22.9 Å². The number of amides is 2. The van der Waals surface area contributed by atoms with Crippen LogP contribution in [0.3, 0.4) is 0 Å². The first-order chi connectivity index (χ1) is 31.1. The molecule has 2 amide bonds. The van der Waals surface area contributed by atoms with Crippen molar-refractivity contribution in [3.63, 3.8) is 0 Å². The van der Waals surface area contributed by atoms with E-state index in [0.29, 0.717) is 35.1 Å². The number of rotatable bonds is 22. The zero-order chi connectivity index (χ0) is 46.7. The van der Waals surface area contributed by atoms with Gasteiger partial charge in [-0.05, 0) is 135 Å². The van der Waals surface area contributed by atoms with Crippen LogP contribution in [0.4, 0.5) is 0 Å². The number of carbonyl (C=O) groups is 3. The lowest BCUT2D eigenvalue weighted by Crippen LogP contribution is -2.56. The lowest BCUT2D eigenvalue weighted by atomic mass is 9.85. The van der Waals surface area contributed by atoms with E-state index in [1.54, 1.807) is 71.6 Å². The van der Waals surface area contributed by atoms with Gasteiger partial charge < -0.3 is 40.5 Å². The number of nitrogens with one attached hydrogen (secondary N) is 2. The van der Waals surface area contributed by atoms with Gasteiger partial charge >= 0.3 is 0 Å². The molecule has 2 heterocycles. The third-order valence-corrected chi connectivity index (χ3v) is 13.7. The van der Waals surface area contributed by atoms with Crippen molar-refractivity contribution in [1.82, 2.24) is 20.4 Å². The van der Waals surface area contributed by atoms with Gasteiger partial charge in [-0.25, -0.2) is 0 Å². The molecular formula is C52H65ClN4O7S. The van der Waals surface area contributed by atoms with Crippen molar-refractivity contribution in [3.8, 4) is 27.7 Å². The van der Waals surface area contributed by atoms with Crippen molar-refractivity contribution >= 4 is 50.6 Å². The predicted molar refractivity (Wildman–Crippen MR) is 261 cm³/mol. The molecule has 13 heteroatoms. The zero-order valence-corrected chi connectivity index (χ0v) is 39.9. The molecule has 5 aromatic rings. The average Bonchev–Trinajstić information content (AvgIpc) is 3.86. The number of fused-ring (bicyclic) bond motifs is 1. The Morgan fingerprint density at radius 3 is 2.22 bits per heavy atom. The maximum atomic E-state index is 14.0. The Labute approximate surface area is 392 Å². The molecule has 65 heavy (non-hydrogen) atoms. The minimum atomic E-state index is -0.755. The fraction of sp³-hybridized carbons (Fsp3) is 0.442. The molecule has 6 rings (SSSR count). The van der Waals surface area contributed by atoms with E-state index in [-0.39, 0.29) is 48.1 Å². The van der Waals surface area contributed by atoms with Crippen molar-refractivity contribution in [2.45, 2.75) is 104 Å². The fourth-order valence-corrected chi connectivity index (χ4v) is 9.85. The Morgan fingerprint density at radius 2 is 1.54 bits per heavy atom. The van der Waals surface area contributed by atoms with Gasteiger partial charge in [0.05, 0.1) is 18.2 Å². The van der Waals surface area contributed by atoms with E-state index in [1.165, 1.54) is 11.3 Å². The summed E-state index contributed by atoms with van der Waals surface area (Å²) in [5.74, 6) is 0.444. The number of ether oxygens (including phenoxy) is 1. The highest BCUT2D eigenvalue weighted by Crippen LogP contribution is 2.41. The number of likely N-dealkylation sites (N-methyl/N-ethyl adjacent to an activating group) is 1. The number of unbranched alkanes of at least 4 members (excludes halogenated alkanes) is 5. The summed E-state index contributed by atoms with van der Waals surface area (Å²) in [6.07, 6.45) is 5.93. The van der Waals surface area contributed by atoms with E-state index in [0.717, 1.165) is 84.2 Å². The third-order valence-electron chi connectivity index (χ3n) is 12.2. The smallest absolute Gasteiger partial charge is 0.243 e. The Morgan fingerprint density at radius 1 is 0.877 bits per heavy atom. The van der Waals surface area contributed by atoms with Crippen LogP contribution in [0.1, 0.15) is 107 Å². The molecule has 1 fully saturated rings. The number of aliphatic hydroxyl groups excluding tert-OH is 1. The van der Waals surface area contributed by atoms with Gasteiger partial charge in [-0.2, -0.15) is 0 Å². The average molecular weight is 926 g/mol. The molecule has 0 radical (unpaired) electrons. The highest BCUT2D eigenvalue weighted by molar-refractivity contribution is 7.22. The van der Waals surface area contributed by atoms with Gasteiger partial charge in [0.15, 0.2) is 5.78 Å². The number of ketones is 1. The number of hydrogen-bond donors (Lipinski definition) is 5. The maximum Gasteiger partial charge on any atom is 0.243 e. The molecule has 348 valence electrons. The predicted octanol–water partition coefficient (Wildman–Crippen LogP) is 9.75. The van der Waals surface area contributed by atoms with Crippen LogP contribution in [0.25, 0.3) is 20.5 Å². The molecule has 0 aliphatic carbocycles. The molecule has 0 saturated carbocycles. The number of hydrogen-bond acceptors (Lipinski definition) is 10. The van der Waals surface area contributed by atoms with Crippen molar-refractivity contribution in [2.75, 3.05) is 39.3 Å². The third kappa shape index (κ3) is 13.3. The molecule has 5 N–H and O–H groups in total. The number of β-amino-alcohol motifs (C(OH)–C–C–N with tert-alkyl or cyclic N) is 1. The van der Waals surface area contributed by atoms with Gasteiger partial charge in [0.25, 0.3) is 0 Å². The first-order valence-corrected chi connectivity index (χ1v) is 24.1. The van der Waals surface area contributed by atoms with Gasteiger partial charge in [0.1, 0.15) is 29.9 Å². The van der Waals surface area contributed by atoms with Crippen LogP contribution in [0.2, 0.25) is 5.02 Å². The number of nitrogens with zero attached hydrogens (tertiary/aromatic N) is 2. The Kier molecular flexibility index (Phi) is 17.5. The summed E-state index contributed by atoms with van der Waals surface area (Å²) in [6, 6.07) is 24.9. The summed E-state index contributed by atoms with van der Waals surface area (Å²) in [7, 11) is 0. The summed E-state index contributed by atoms with van der Waals surface area (Å²) in [5.41, 5.74) is 2.44. The summed E-state index contributed by atoms with van der Waals surface area (Å²) in [6.45, 7) is 14.2. The molecule has 0 unspecified atom stereocenters. The number of aromatic hydroxyl groups is 2. The number of phenolic OH excluding ortho intramolecular Hbond substituents is 2. The summed E-state index contributed by atoms with van der Waals surface area (Å²) < 4.78 is 6.91. The summed E-state index contributed by atoms with van der Waals surface area (Å²) in [4.78, 5) is 46.1. The Hall–Kier alpha value is -4.98. The maximum absolute atomic E-state index is 14.0. The monoisotopic (exact) mass is 924 g/mol. The van der Waals surface area contributed by atoms with Gasteiger partial charge in [0.2, 0.25) is 11.8 Å². The molecule has 4 aromatic carbocycles. The summed E-state index contributed by atoms with van der Waals surface area (Å²) in [5, 5.41) is 38.4. The minimum absolute atomic E-state index is 0.120. The van der Waals surface area contributed by atoms with Gasteiger partial charge in [-0.3, -0.25) is 14.4 Å². The van der Waals surface area contributed by atoms with E-state index >= 15 is 0 Å². The fourth-order valence-electron chi connectivity index (χ4n) is 8.49. The number of carbonyl (C=O) groups excluding carboxylic acids is 3. The van der Waals surface area contributed by atoms with Crippen molar-refractivity contribution < 1.29 is 34.4 Å². The van der Waals surface area contributed by atoms with Crippen molar-refractivity contribution in [2.24, 2.45) is 5.41 Å². The Balaban J connectivity index is 0.887. The normalized spacial score (nSPS) is 16.2. The molecule has 4 atom stereocenters. The topological polar surface area (TPSA) is 152 Å². The molecule has 11 nitrogen and oxygen atoms in total.